The van der Waals surface area contributed by atoms with Crippen LogP contribution >= 0.6 is 12.4 Å². The van der Waals surface area contributed by atoms with E-state index in [0.29, 0.717) is 23.9 Å². The molecule has 1 fully saturated rings. The highest BCUT2D eigenvalue weighted by molar-refractivity contribution is 5.85. The zero-order chi connectivity index (χ0) is 15.2. The van der Waals surface area contributed by atoms with Crippen molar-refractivity contribution >= 4 is 12.4 Å². The molecule has 3 unspecified atom stereocenters. The fraction of sp³-hybridized carbons (Fsp3) is 0.647. The molecule has 1 saturated heterocycles. The van der Waals surface area contributed by atoms with Crippen LogP contribution in [-0.4, -0.2) is 42.4 Å². The molecule has 0 radical (unpaired) electrons. The highest BCUT2D eigenvalue weighted by Crippen LogP contribution is 2.20. The number of halogens is 2. The molecule has 5 heteroatoms. The van der Waals surface area contributed by atoms with Crippen molar-refractivity contribution in [2.75, 3.05) is 26.2 Å². The summed E-state index contributed by atoms with van der Waals surface area (Å²) in [6.07, 6.45) is 0.741. The Labute approximate surface area is 138 Å². The van der Waals surface area contributed by atoms with Gasteiger partial charge in [0.15, 0.2) is 0 Å². The molecule has 0 saturated carbocycles. The van der Waals surface area contributed by atoms with Crippen LogP contribution in [0.3, 0.4) is 0 Å². The van der Waals surface area contributed by atoms with E-state index >= 15 is 0 Å². The van der Waals surface area contributed by atoms with Gasteiger partial charge in [-0.1, -0.05) is 32.0 Å². The summed E-state index contributed by atoms with van der Waals surface area (Å²) in [7, 11) is 0. The lowest BCUT2D eigenvalue weighted by atomic mass is 9.92. The third kappa shape index (κ3) is 6.21. The zero-order valence-electron chi connectivity index (χ0n) is 13.4. The Hall–Kier alpha value is -0.680. The zero-order valence-corrected chi connectivity index (χ0v) is 14.2. The Kier molecular flexibility index (Phi) is 8.33. The summed E-state index contributed by atoms with van der Waals surface area (Å²) in [5.41, 5.74) is 0.532. The first-order valence-electron chi connectivity index (χ1n) is 7.76. The summed E-state index contributed by atoms with van der Waals surface area (Å²) in [4.78, 5) is 2.30. The molecule has 1 aliphatic heterocycles. The van der Waals surface area contributed by atoms with Gasteiger partial charge in [-0.2, -0.15) is 0 Å². The minimum Gasteiger partial charge on any atom is -0.389 e. The second-order valence-corrected chi connectivity index (χ2v) is 6.42. The first-order chi connectivity index (χ1) is 10.0. The van der Waals surface area contributed by atoms with E-state index < -0.39 is 6.10 Å². The van der Waals surface area contributed by atoms with Gasteiger partial charge in [0.25, 0.3) is 0 Å². The molecule has 3 nitrogen and oxygen atoms in total. The molecule has 0 bridgehead atoms. The van der Waals surface area contributed by atoms with Crippen LogP contribution in [0.1, 0.15) is 25.8 Å². The molecule has 1 N–H and O–H groups in total. The quantitative estimate of drug-likeness (QED) is 0.869. The highest BCUT2D eigenvalue weighted by Gasteiger charge is 2.23. The van der Waals surface area contributed by atoms with Crippen LogP contribution in [0.4, 0.5) is 4.39 Å². The van der Waals surface area contributed by atoms with Crippen LogP contribution < -0.4 is 0 Å². The van der Waals surface area contributed by atoms with Gasteiger partial charge in [0, 0.05) is 25.2 Å². The molecule has 3 atom stereocenters. The molecule has 2 rings (SSSR count). The van der Waals surface area contributed by atoms with Gasteiger partial charge < -0.3 is 14.7 Å². The number of ether oxygens (including phenoxy) is 1. The topological polar surface area (TPSA) is 32.7 Å². The van der Waals surface area contributed by atoms with E-state index in [0.717, 1.165) is 13.1 Å². The van der Waals surface area contributed by atoms with E-state index in [2.05, 4.69) is 18.7 Å². The number of rotatable bonds is 6. The number of likely N-dealkylation sites (tertiary alicyclic amines) is 1. The van der Waals surface area contributed by atoms with Crippen molar-refractivity contribution in [3.8, 4) is 0 Å². The normalized spacial score (nSPS) is 23.8. The first kappa shape index (κ1) is 19.4. The predicted molar refractivity (Wildman–Crippen MR) is 88.7 cm³/mol. The van der Waals surface area contributed by atoms with Crippen LogP contribution in [0.25, 0.3) is 0 Å². The van der Waals surface area contributed by atoms with E-state index in [9.17, 15) is 9.50 Å². The van der Waals surface area contributed by atoms with Crippen molar-refractivity contribution in [3.05, 3.63) is 35.6 Å². The SMILES string of the molecule is CC1CC(C)CN(CC(O)COCc2ccccc2F)C1.Cl. The Morgan fingerprint density at radius 1 is 1.27 bits per heavy atom. The van der Waals surface area contributed by atoms with Gasteiger partial charge in [-0.3, -0.25) is 0 Å². The summed E-state index contributed by atoms with van der Waals surface area (Å²) in [5.74, 6) is 1.10. The molecular weight excluding hydrogens is 305 g/mol. The molecule has 126 valence electrons. The summed E-state index contributed by atoms with van der Waals surface area (Å²) in [6, 6.07) is 6.57. The average molecular weight is 332 g/mol. The molecule has 1 aromatic carbocycles. The van der Waals surface area contributed by atoms with Crippen molar-refractivity contribution in [1.82, 2.24) is 4.90 Å². The largest absolute Gasteiger partial charge is 0.389 e. The molecule has 0 amide bonds. The summed E-state index contributed by atoms with van der Waals surface area (Å²) in [6.45, 7) is 7.66. The van der Waals surface area contributed by atoms with Gasteiger partial charge >= 0.3 is 0 Å². The molecule has 0 aromatic heterocycles. The molecule has 22 heavy (non-hydrogen) atoms. The molecular formula is C17H27ClFNO2. The van der Waals surface area contributed by atoms with E-state index in [1.54, 1.807) is 18.2 Å². The maximum atomic E-state index is 13.4. The molecule has 1 heterocycles. The lowest BCUT2D eigenvalue weighted by molar-refractivity contribution is -0.00151. The highest BCUT2D eigenvalue weighted by atomic mass is 35.5. The van der Waals surface area contributed by atoms with Crippen molar-refractivity contribution < 1.29 is 14.2 Å². The fourth-order valence-electron chi connectivity index (χ4n) is 3.21. The van der Waals surface area contributed by atoms with Crippen LogP contribution in [0, 0.1) is 17.7 Å². The smallest absolute Gasteiger partial charge is 0.128 e. The number of aliphatic hydroxyl groups is 1. The van der Waals surface area contributed by atoms with Gasteiger partial charge in [0.1, 0.15) is 5.82 Å². The second-order valence-electron chi connectivity index (χ2n) is 6.42. The number of benzene rings is 1. The van der Waals surface area contributed by atoms with Gasteiger partial charge in [0.05, 0.1) is 19.3 Å². The standard InChI is InChI=1S/C17H26FNO2.ClH/c1-13-7-14(2)9-19(8-13)10-16(20)12-21-11-15-5-3-4-6-17(15)18;/h3-6,13-14,16,20H,7-12H2,1-2H3;1H. The van der Waals surface area contributed by atoms with Crippen LogP contribution in [0.2, 0.25) is 0 Å². The first-order valence-corrected chi connectivity index (χ1v) is 7.76. The van der Waals surface area contributed by atoms with Gasteiger partial charge in [-0.05, 0) is 24.3 Å². The summed E-state index contributed by atoms with van der Waals surface area (Å²) < 4.78 is 18.9. The number of hydrogen-bond donors (Lipinski definition) is 1. The Morgan fingerprint density at radius 2 is 1.91 bits per heavy atom. The van der Waals surface area contributed by atoms with Crippen molar-refractivity contribution in [2.24, 2.45) is 11.8 Å². The number of aliphatic hydroxyl groups excluding tert-OH is 1. The third-order valence-corrected chi connectivity index (χ3v) is 3.94. The number of hydrogen-bond acceptors (Lipinski definition) is 3. The summed E-state index contributed by atoms with van der Waals surface area (Å²) in [5, 5.41) is 10.1. The van der Waals surface area contributed by atoms with Crippen molar-refractivity contribution in [3.63, 3.8) is 0 Å². The number of nitrogens with zero attached hydrogens (tertiary/aromatic N) is 1. The number of piperidine rings is 1. The lowest BCUT2D eigenvalue weighted by Gasteiger charge is -2.35. The van der Waals surface area contributed by atoms with Crippen molar-refractivity contribution in [2.45, 2.75) is 33.0 Å². The fourth-order valence-corrected chi connectivity index (χ4v) is 3.21. The van der Waals surface area contributed by atoms with Crippen molar-refractivity contribution in [1.29, 1.82) is 0 Å². The predicted octanol–water partition coefficient (Wildman–Crippen LogP) is 3.10. The van der Waals surface area contributed by atoms with Crippen LogP contribution in [0.5, 0.6) is 0 Å². The average Bonchev–Trinajstić information content (AvgIpc) is 2.39. The Morgan fingerprint density at radius 3 is 2.55 bits per heavy atom. The van der Waals surface area contributed by atoms with Crippen LogP contribution in [0.15, 0.2) is 24.3 Å². The molecule has 1 aromatic rings. The minimum absolute atomic E-state index is 0. The molecule has 0 spiro atoms. The van der Waals surface area contributed by atoms with E-state index in [1.807, 2.05) is 0 Å². The summed E-state index contributed by atoms with van der Waals surface area (Å²) >= 11 is 0. The third-order valence-electron chi connectivity index (χ3n) is 3.94. The Balaban J connectivity index is 0.00000242. The second kappa shape index (κ2) is 9.46. The number of β-amino-alcohol motifs (C(OH)–C–C–N with tert-alkyl or cyclic N) is 1. The molecule has 0 aliphatic carbocycles. The van der Waals surface area contributed by atoms with E-state index in [1.165, 1.54) is 12.5 Å². The molecule has 1 aliphatic rings. The van der Waals surface area contributed by atoms with Gasteiger partial charge in [-0.15, -0.1) is 12.4 Å². The van der Waals surface area contributed by atoms with Crippen LogP contribution in [-0.2, 0) is 11.3 Å². The van der Waals surface area contributed by atoms with Gasteiger partial charge in [-0.25, -0.2) is 4.39 Å². The Bertz CT molecular complexity index is 436. The minimum atomic E-state index is -0.519. The maximum absolute atomic E-state index is 13.4. The van der Waals surface area contributed by atoms with E-state index in [4.69, 9.17) is 4.74 Å². The lowest BCUT2D eigenvalue weighted by Crippen LogP contribution is -2.43. The van der Waals surface area contributed by atoms with E-state index in [-0.39, 0.29) is 31.4 Å². The maximum Gasteiger partial charge on any atom is 0.128 e. The monoisotopic (exact) mass is 331 g/mol. The van der Waals surface area contributed by atoms with Gasteiger partial charge in [0.2, 0.25) is 0 Å².